The zero-order chi connectivity index (χ0) is 19.5. The smallest absolute Gasteiger partial charge is 0.394 e. The van der Waals surface area contributed by atoms with Crippen molar-refractivity contribution in [1.82, 2.24) is 0 Å². The summed E-state index contributed by atoms with van der Waals surface area (Å²) < 4.78 is 106. The van der Waals surface area contributed by atoms with Crippen LogP contribution in [0.15, 0.2) is 0 Å². The van der Waals surface area contributed by atoms with Gasteiger partial charge in [-0.05, 0) is 55.8 Å². The molecule has 4 bridgehead atoms. The molecule has 0 unspecified atom stereocenters. The molecular formula is C13H18F4NO6S2-. The van der Waals surface area contributed by atoms with Crippen molar-refractivity contribution >= 4 is 20.3 Å². The second kappa shape index (κ2) is 6.26. The van der Waals surface area contributed by atoms with Gasteiger partial charge in [-0.2, -0.15) is 17.6 Å². The number of nitrogens with zero attached hydrogens (tertiary/aromatic N) is 1. The summed E-state index contributed by atoms with van der Waals surface area (Å²) in [6.45, 7) is -2.49. The first-order chi connectivity index (χ1) is 11.8. The van der Waals surface area contributed by atoms with Crippen LogP contribution in [0.5, 0.6) is 0 Å². The predicted octanol–water partition coefficient (Wildman–Crippen LogP) is 2.00. The van der Waals surface area contributed by atoms with Gasteiger partial charge in [0.2, 0.25) is 10.3 Å². The molecule has 0 spiro atoms. The Balaban J connectivity index is 1.75. The highest BCUT2D eigenvalue weighted by molar-refractivity contribution is 8.10. The molecule has 0 aromatic carbocycles. The molecule has 26 heavy (non-hydrogen) atoms. The molecule has 0 amide bonds. The summed E-state index contributed by atoms with van der Waals surface area (Å²) in [5.74, 6) is -4.83. The molecule has 152 valence electrons. The van der Waals surface area contributed by atoms with Gasteiger partial charge in [0, 0.05) is 0 Å². The predicted molar refractivity (Wildman–Crippen MR) is 80.1 cm³/mol. The van der Waals surface area contributed by atoms with Gasteiger partial charge in [0.1, 0.15) is 6.61 Å². The molecule has 0 atom stereocenters. The normalized spacial score (nSPS) is 35.0. The van der Waals surface area contributed by atoms with Crippen molar-refractivity contribution in [2.24, 2.45) is 23.7 Å². The monoisotopic (exact) mass is 424 g/mol. The van der Waals surface area contributed by atoms with Gasteiger partial charge >= 0.3 is 11.2 Å². The van der Waals surface area contributed by atoms with Crippen LogP contribution in [0.1, 0.15) is 32.1 Å². The van der Waals surface area contributed by atoms with E-state index in [2.05, 4.69) is 0 Å². The van der Waals surface area contributed by atoms with Gasteiger partial charge in [-0.25, -0.2) is 16.8 Å². The first-order valence-corrected chi connectivity index (χ1v) is 10.9. The largest absolute Gasteiger partial charge is 0.406 e. The average molecular weight is 424 g/mol. The first kappa shape index (κ1) is 20.2. The van der Waals surface area contributed by atoms with Crippen LogP contribution in [0.4, 0.5) is 17.6 Å². The van der Waals surface area contributed by atoms with Crippen LogP contribution in [0, 0.1) is 23.7 Å². The second-order valence-corrected chi connectivity index (χ2v) is 10.5. The molecule has 0 heterocycles. The minimum Gasteiger partial charge on any atom is -0.406 e. The fourth-order valence-electron chi connectivity index (χ4n) is 4.64. The van der Waals surface area contributed by atoms with Crippen molar-refractivity contribution in [2.75, 3.05) is 6.61 Å². The van der Waals surface area contributed by atoms with E-state index in [1.54, 1.807) is 0 Å². The molecule has 4 rings (SSSR count). The van der Waals surface area contributed by atoms with Gasteiger partial charge in [-0.15, -0.1) is 0 Å². The molecule has 4 aliphatic rings. The molecule has 7 nitrogen and oxygen atoms in total. The van der Waals surface area contributed by atoms with E-state index in [0.29, 0.717) is 37.5 Å². The Morgan fingerprint density at radius 3 is 1.81 bits per heavy atom. The Bertz CT molecular complexity index is 742. The van der Waals surface area contributed by atoms with E-state index in [-0.39, 0.29) is 11.8 Å². The maximum atomic E-state index is 13.5. The topological polar surface area (TPSA) is 112 Å². The minimum absolute atomic E-state index is 0.154. The summed E-state index contributed by atoms with van der Waals surface area (Å²) in [5, 5.41) is 2.38. The third-order valence-corrected chi connectivity index (χ3v) is 8.44. The Kier molecular flexibility index (Phi) is 4.87. The molecule has 13 heteroatoms. The fraction of sp³-hybridized carbons (Fsp3) is 1.00. The van der Waals surface area contributed by atoms with Crippen LogP contribution in [0.25, 0.3) is 4.13 Å². The van der Waals surface area contributed by atoms with Crippen LogP contribution in [0.3, 0.4) is 0 Å². The summed E-state index contributed by atoms with van der Waals surface area (Å²) in [4.78, 5) is 0. The second-order valence-electron chi connectivity index (χ2n) is 7.35. The number of hydrogen-bond acceptors (Lipinski definition) is 6. The van der Waals surface area contributed by atoms with E-state index >= 15 is 0 Å². The molecule has 0 aromatic heterocycles. The van der Waals surface area contributed by atoms with Gasteiger partial charge in [-0.3, -0.25) is 4.18 Å². The van der Waals surface area contributed by atoms with Crippen molar-refractivity contribution in [2.45, 2.75) is 49.4 Å². The quantitative estimate of drug-likeness (QED) is 0.626. The third-order valence-electron chi connectivity index (χ3n) is 5.51. The van der Waals surface area contributed by atoms with E-state index in [1.807, 2.05) is 4.13 Å². The van der Waals surface area contributed by atoms with Crippen LogP contribution < -0.4 is 0 Å². The highest BCUT2D eigenvalue weighted by atomic mass is 32.3. The van der Waals surface area contributed by atoms with Crippen LogP contribution in [0.2, 0.25) is 0 Å². The lowest BCUT2D eigenvalue weighted by atomic mass is 9.55. The zero-order valence-corrected chi connectivity index (χ0v) is 15.0. The fourth-order valence-corrected chi connectivity index (χ4v) is 7.15. The van der Waals surface area contributed by atoms with Crippen molar-refractivity contribution in [3.8, 4) is 0 Å². The molecule has 4 fully saturated rings. The number of rotatable bonds is 7. The molecule has 0 saturated heterocycles. The Hall–Kier alpha value is -0.500. The van der Waals surface area contributed by atoms with Gasteiger partial charge in [0.15, 0.2) is 10.0 Å². The number of aliphatic hydroxyl groups is 1. The van der Waals surface area contributed by atoms with E-state index in [0.717, 1.165) is 6.42 Å². The van der Waals surface area contributed by atoms with Crippen molar-refractivity contribution in [3.63, 3.8) is 0 Å². The summed E-state index contributed by atoms with van der Waals surface area (Å²) in [6.07, 6.45) is 2.93. The lowest BCUT2D eigenvalue weighted by molar-refractivity contribution is -0.177. The Labute approximate surface area is 148 Å². The van der Waals surface area contributed by atoms with Crippen molar-refractivity contribution in [1.29, 1.82) is 0 Å². The van der Waals surface area contributed by atoms with Crippen molar-refractivity contribution in [3.05, 3.63) is 4.13 Å². The summed E-state index contributed by atoms with van der Waals surface area (Å²) >= 11 is 0. The number of sulfonamides is 1. The molecule has 0 aromatic rings. The first-order valence-electron chi connectivity index (χ1n) is 8.06. The minimum atomic E-state index is -6.50. The maximum absolute atomic E-state index is 13.5. The third kappa shape index (κ3) is 3.36. The molecule has 1 N–H and O–H groups in total. The average Bonchev–Trinajstić information content (AvgIpc) is 2.48. The van der Waals surface area contributed by atoms with Crippen LogP contribution in [-0.2, 0) is 24.5 Å². The number of aliphatic hydroxyl groups excluding tert-OH is 1. The van der Waals surface area contributed by atoms with Crippen LogP contribution in [-0.4, -0.2) is 45.8 Å². The molecule has 4 aliphatic carbocycles. The number of hydrogen-bond donors (Lipinski definition) is 1. The van der Waals surface area contributed by atoms with Gasteiger partial charge < -0.3 is 9.23 Å². The SMILES string of the molecule is O=S(=O)([N-]S(=O)(=O)C(F)(F)C(F)(F)CO)OC1C2CC3CC(C2)CC1C3. The molecular weight excluding hydrogens is 406 g/mol. The highest BCUT2D eigenvalue weighted by Gasteiger charge is 2.62. The summed E-state index contributed by atoms with van der Waals surface area (Å²) in [5.41, 5.74) is 0. The number of halogens is 4. The van der Waals surface area contributed by atoms with Gasteiger partial charge in [-0.1, -0.05) is 0 Å². The Morgan fingerprint density at radius 2 is 1.38 bits per heavy atom. The summed E-state index contributed by atoms with van der Waals surface area (Å²) in [7, 11) is -11.9. The van der Waals surface area contributed by atoms with E-state index < -0.39 is 44.2 Å². The maximum Gasteiger partial charge on any atom is 0.394 e. The van der Waals surface area contributed by atoms with E-state index in [1.165, 1.54) is 0 Å². The van der Waals surface area contributed by atoms with Gasteiger partial charge in [0.25, 0.3) is 0 Å². The van der Waals surface area contributed by atoms with E-state index in [9.17, 15) is 34.4 Å². The zero-order valence-electron chi connectivity index (χ0n) is 13.4. The molecule has 0 aliphatic heterocycles. The van der Waals surface area contributed by atoms with Crippen LogP contribution >= 0.6 is 0 Å². The molecule has 0 radical (unpaired) electrons. The molecule has 4 saturated carbocycles. The lowest BCUT2D eigenvalue weighted by Gasteiger charge is -2.53. The Morgan fingerprint density at radius 1 is 0.923 bits per heavy atom. The standard InChI is InChI=1S/C13H18F4NO6S2/c14-12(15,6-19)13(16,17)25(20,21)18-26(22,23)24-11-9-2-7-1-8(4-9)5-10(11)3-7/h7-11,19H,1-6H2/q-1. The summed E-state index contributed by atoms with van der Waals surface area (Å²) in [6, 6.07) is 0. The lowest BCUT2D eigenvalue weighted by Crippen LogP contribution is -2.51. The van der Waals surface area contributed by atoms with Crippen molar-refractivity contribution < 1.29 is 43.7 Å². The van der Waals surface area contributed by atoms with Gasteiger partial charge in [0.05, 0.1) is 6.10 Å². The number of alkyl halides is 4. The highest BCUT2D eigenvalue weighted by Crippen LogP contribution is 2.55. The van der Waals surface area contributed by atoms with E-state index in [4.69, 9.17) is 9.29 Å².